The molecule has 0 aliphatic carbocycles. The van der Waals surface area contributed by atoms with Gasteiger partial charge in [-0.3, -0.25) is 4.79 Å². The number of para-hydroxylation sites is 2. The number of rotatable bonds is 5. The molecule has 0 bridgehead atoms. The molecule has 1 amide bonds. The van der Waals surface area contributed by atoms with E-state index in [1.807, 2.05) is 53.9 Å². The van der Waals surface area contributed by atoms with Gasteiger partial charge in [-0.1, -0.05) is 48.5 Å². The number of anilines is 1. The van der Waals surface area contributed by atoms with E-state index in [2.05, 4.69) is 20.5 Å². The number of carbonyl (C=O) groups is 1. The van der Waals surface area contributed by atoms with Crippen LogP contribution in [0.1, 0.15) is 10.5 Å². The smallest absolute Gasteiger partial charge is 0.277 e. The van der Waals surface area contributed by atoms with Crippen LogP contribution < -0.4 is 5.32 Å². The number of amides is 1. The number of hydrogen-bond donors (Lipinski definition) is 1. The van der Waals surface area contributed by atoms with Gasteiger partial charge in [-0.05, 0) is 30.3 Å². The van der Waals surface area contributed by atoms with Crippen molar-refractivity contribution in [2.24, 2.45) is 0 Å². The lowest BCUT2D eigenvalue weighted by molar-refractivity contribution is 0.102. The van der Waals surface area contributed by atoms with E-state index in [1.165, 1.54) is 28.4 Å². The Morgan fingerprint density at radius 2 is 1.62 bits per heavy atom. The summed E-state index contributed by atoms with van der Waals surface area (Å²) in [4.78, 5) is 18.8. The SMILES string of the molecule is O=C(Nc1ccccc1-c1csc(-c2ccccc2F)n1)c1cnn(-c2ccccc2)n1. The summed E-state index contributed by atoms with van der Waals surface area (Å²) >= 11 is 1.35. The third-order valence-electron chi connectivity index (χ3n) is 4.77. The van der Waals surface area contributed by atoms with Gasteiger partial charge in [0.15, 0.2) is 5.69 Å². The van der Waals surface area contributed by atoms with Crippen LogP contribution in [0.4, 0.5) is 10.1 Å². The zero-order valence-electron chi connectivity index (χ0n) is 16.6. The highest BCUT2D eigenvalue weighted by molar-refractivity contribution is 7.13. The maximum Gasteiger partial charge on any atom is 0.277 e. The first-order valence-electron chi connectivity index (χ1n) is 9.78. The largest absolute Gasteiger partial charge is 0.320 e. The zero-order chi connectivity index (χ0) is 21.9. The topological polar surface area (TPSA) is 72.7 Å². The van der Waals surface area contributed by atoms with Crippen molar-refractivity contribution in [1.29, 1.82) is 0 Å². The average molecular weight is 441 g/mol. The van der Waals surface area contributed by atoms with Crippen LogP contribution in [0.2, 0.25) is 0 Å². The van der Waals surface area contributed by atoms with Crippen LogP contribution in [0, 0.1) is 5.82 Å². The molecule has 32 heavy (non-hydrogen) atoms. The summed E-state index contributed by atoms with van der Waals surface area (Å²) in [6, 6.07) is 23.2. The van der Waals surface area contributed by atoms with E-state index in [-0.39, 0.29) is 17.4 Å². The molecular formula is C24H16FN5OS. The van der Waals surface area contributed by atoms with Crippen molar-refractivity contribution in [2.45, 2.75) is 0 Å². The molecule has 0 aliphatic heterocycles. The second-order valence-corrected chi connectivity index (χ2v) is 7.73. The van der Waals surface area contributed by atoms with Crippen LogP contribution in [-0.4, -0.2) is 25.9 Å². The van der Waals surface area contributed by atoms with E-state index in [9.17, 15) is 9.18 Å². The Kier molecular flexibility index (Phi) is 5.27. The second kappa shape index (κ2) is 8.52. The van der Waals surface area contributed by atoms with Crippen molar-refractivity contribution in [3.05, 3.63) is 102 Å². The average Bonchev–Trinajstić information content (AvgIpc) is 3.51. The Labute approximate surface area is 187 Å². The van der Waals surface area contributed by atoms with E-state index in [1.54, 1.807) is 24.3 Å². The molecule has 5 aromatic rings. The maximum absolute atomic E-state index is 14.1. The van der Waals surface area contributed by atoms with Crippen molar-refractivity contribution >= 4 is 22.9 Å². The molecule has 2 heterocycles. The minimum absolute atomic E-state index is 0.189. The summed E-state index contributed by atoms with van der Waals surface area (Å²) in [6.45, 7) is 0. The minimum atomic E-state index is -0.385. The molecular weight excluding hydrogens is 425 g/mol. The van der Waals surface area contributed by atoms with Crippen LogP contribution in [0.5, 0.6) is 0 Å². The monoisotopic (exact) mass is 441 g/mol. The molecule has 0 unspecified atom stereocenters. The molecule has 0 aliphatic rings. The van der Waals surface area contributed by atoms with Gasteiger partial charge in [0.1, 0.15) is 10.8 Å². The predicted molar refractivity (Wildman–Crippen MR) is 122 cm³/mol. The van der Waals surface area contributed by atoms with Gasteiger partial charge in [0, 0.05) is 16.5 Å². The number of benzene rings is 3. The number of nitrogens with one attached hydrogen (secondary N) is 1. The predicted octanol–water partition coefficient (Wildman–Crippen LogP) is 5.45. The van der Waals surface area contributed by atoms with Gasteiger partial charge in [0.25, 0.3) is 5.91 Å². The first-order valence-corrected chi connectivity index (χ1v) is 10.7. The molecule has 2 aromatic heterocycles. The van der Waals surface area contributed by atoms with Crippen molar-refractivity contribution < 1.29 is 9.18 Å². The number of nitrogens with zero attached hydrogens (tertiary/aromatic N) is 4. The Morgan fingerprint density at radius 3 is 2.44 bits per heavy atom. The summed E-state index contributed by atoms with van der Waals surface area (Å²) < 4.78 is 14.1. The van der Waals surface area contributed by atoms with E-state index < -0.39 is 0 Å². The van der Waals surface area contributed by atoms with Gasteiger partial charge in [0.2, 0.25) is 0 Å². The minimum Gasteiger partial charge on any atom is -0.320 e. The Morgan fingerprint density at radius 1 is 0.906 bits per heavy atom. The van der Waals surface area contributed by atoms with Crippen LogP contribution >= 0.6 is 11.3 Å². The van der Waals surface area contributed by atoms with Gasteiger partial charge < -0.3 is 5.32 Å². The van der Waals surface area contributed by atoms with Gasteiger partial charge in [-0.15, -0.1) is 16.4 Å². The molecule has 3 aromatic carbocycles. The molecule has 1 N–H and O–H groups in total. The van der Waals surface area contributed by atoms with Gasteiger partial charge in [-0.25, -0.2) is 9.37 Å². The Balaban J connectivity index is 1.41. The summed E-state index contributed by atoms with van der Waals surface area (Å²) in [5.41, 5.74) is 3.36. The van der Waals surface area contributed by atoms with Gasteiger partial charge in [0.05, 0.1) is 23.3 Å². The molecule has 8 heteroatoms. The zero-order valence-corrected chi connectivity index (χ0v) is 17.5. The summed E-state index contributed by atoms with van der Waals surface area (Å²) in [5, 5.41) is 13.8. The number of carbonyl (C=O) groups excluding carboxylic acids is 1. The molecule has 156 valence electrons. The van der Waals surface area contributed by atoms with Crippen molar-refractivity contribution in [1.82, 2.24) is 20.0 Å². The fourth-order valence-corrected chi connectivity index (χ4v) is 4.06. The van der Waals surface area contributed by atoms with E-state index in [4.69, 9.17) is 0 Å². The Hall–Kier alpha value is -4.17. The van der Waals surface area contributed by atoms with Crippen molar-refractivity contribution in [3.63, 3.8) is 0 Å². The van der Waals surface area contributed by atoms with Crippen LogP contribution in [0.15, 0.2) is 90.4 Å². The first kappa shape index (κ1) is 19.8. The molecule has 0 spiro atoms. The number of halogens is 1. The number of aromatic nitrogens is 4. The fraction of sp³-hybridized carbons (Fsp3) is 0. The lowest BCUT2D eigenvalue weighted by atomic mass is 10.1. The van der Waals surface area contributed by atoms with Gasteiger partial charge >= 0.3 is 0 Å². The van der Waals surface area contributed by atoms with E-state index in [0.717, 1.165) is 11.3 Å². The van der Waals surface area contributed by atoms with E-state index in [0.29, 0.717) is 22.0 Å². The van der Waals surface area contributed by atoms with E-state index >= 15 is 0 Å². The molecule has 0 atom stereocenters. The fourth-order valence-electron chi connectivity index (χ4n) is 3.21. The normalized spacial score (nSPS) is 10.8. The molecule has 5 rings (SSSR count). The highest BCUT2D eigenvalue weighted by atomic mass is 32.1. The van der Waals surface area contributed by atoms with Crippen LogP contribution in [-0.2, 0) is 0 Å². The summed E-state index contributed by atoms with van der Waals surface area (Å²) in [5.74, 6) is -0.708. The highest BCUT2D eigenvalue weighted by Gasteiger charge is 2.16. The molecule has 0 saturated heterocycles. The second-order valence-electron chi connectivity index (χ2n) is 6.87. The van der Waals surface area contributed by atoms with Gasteiger partial charge in [-0.2, -0.15) is 9.90 Å². The third kappa shape index (κ3) is 3.91. The summed E-state index contributed by atoms with van der Waals surface area (Å²) in [6.07, 6.45) is 1.42. The number of hydrogen-bond acceptors (Lipinski definition) is 5. The molecule has 0 fully saturated rings. The first-order chi connectivity index (χ1) is 15.7. The lowest BCUT2D eigenvalue weighted by Gasteiger charge is -2.08. The maximum atomic E-state index is 14.1. The number of thiazole rings is 1. The highest BCUT2D eigenvalue weighted by Crippen LogP contribution is 2.33. The van der Waals surface area contributed by atoms with Crippen molar-refractivity contribution in [3.8, 4) is 27.5 Å². The van der Waals surface area contributed by atoms with Crippen LogP contribution in [0.25, 0.3) is 27.5 Å². The lowest BCUT2D eigenvalue weighted by Crippen LogP contribution is -2.14. The Bertz CT molecular complexity index is 1400. The quantitative estimate of drug-likeness (QED) is 0.394. The molecule has 6 nitrogen and oxygen atoms in total. The van der Waals surface area contributed by atoms with Crippen LogP contribution in [0.3, 0.4) is 0 Å². The molecule has 0 saturated carbocycles. The van der Waals surface area contributed by atoms with Crippen molar-refractivity contribution in [2.75, 3.05) is 5.32 Å². The molecule has 0 radical (unpaired) electrons. The summed E-state index contributed by atoms with van der Waals surface area (Å²) in [7, 11) is 0. The third-order valence-corrected chi connectivity index (χ3v) is 5.65. The standard InChI is InChI=1S/C24H16FN5OS/c25-19-12-6-4-10-17(19)24-28-22(15-32-24)18-11-5-7-13-20(18)27-23(31)21-14-26-30(29-21)16-8-2-1-3-9-16/h1-15H,(H,27,31).